The molecule has 0 amide bonds. The van der Waals surface area contributed by atoms with Crippen LogP contribution in [0.4, 0.5) is 0 Å². The summed E-state index contributed by atoms with van der Waals surface area (Å²) in [4.78, 5) is 0. The number of ether oxygens (including phenoxy) is 2. The van der Waals surface area contributed by atoms with E-state index in [2.05, 4.69) is 15.5 Å². The van der Waals surface area contributed by atoms with Gasteiger partial charge in [-0.3, -0.25) is 0 Å². The number of hydrogen-bond donors (Lipinski definition) is 2. The Kier molecular flexibility index (Phi) is 6.93. The van der Waals surface area contributed by atoms with Crippen molar-refractivity contribution in [3.63, 3.8) is 0 Å². The van der Waals surface area contributed by atoms with Gasteiger partial charge in [-0.2, -0.15) is 0 Å². The number of nitrogens with one attached hydrogen (secondary N) is 1. The van der Waals surface area contributed by atoms with E-state index in [-0.39, 0.29) is 18.8 Å². The molecule has 7 heteroatoms. The Hall–Kier alpha value is -1.02. The van der Waals surface area contributed by atoms with E-state index >= 15 is 0 Å². The molecule has 0 saturated heterocycles. The summed E-state index contributed by atoms with van der Waals surface area (Å²) in [5.74, 6) is 0.834. The summed E-state index contributed by atoms with van der Waals surface area (Å²) in [5.41, 5.74) is 0. The van der Waals surface area contributed by atoms with Gasteiger partial charge >= 0.3 is 0 Å². The molecule has 1 aromatic rings. The smallest absolute Gasteiger partial charge is 0.149 e. The number of aliphatic hydroxyl groups is 1. The molecule has 2 N–H and O–H groups in total. The van der Waals surface area contributed by atoms with Crippen LogP contribution in [0.1, 0.15) is 25.7 Å². The molecule has 0 fully saturated rings. The summed E-state index contributed by atoms with van der Waals surface area (Å²) < 4.78 is 12.2. The molecule has 0 saturated carbocycles. The van der Waals surface area contributed by atoms with Crippen molar-refractivity contribution >= 4 is 0 Å². The summed E-state index contributed by atoms with van der Waals surface area (Å²) in [6, 6.07) is 0.0264. The number of rotatable bonds is 9. The van der Waals surface area contributed by atoms with Crippen molar-refractivity contribution in [1.29, 1.82) is 0 Å². The highest BCUT2D eigenvalue weighted by atomic mass is 16.5. The maximum Gasteiger partial charge on any atom is 0.149 e. The Morgan fingerprint density at radius 2 is 2.16 bits per heavy atom. The molecule has 0 aliphatic rings. The van der Waals surface area contributed by atoms with Gasteiger partial charge in [0.25, 0.3) is 0 Å². The Bertz CT molecular complexity index is 358. The molecule has 3 atom stereocenters. The van der Waals surface area contributed by atoms with Gasteiger partial charge in [0.1, 0.15) is 12.2 Å². The molecule has 0 bridgehead atoms. The van der Waals surface area contributed by atoms with Gasteiger partial charge in [-0.15, -0.1) is 10.2 Å². The fourth-order valence-corrected chi connectivity index (χ4v) is 1.71. The molecule has 0 radical (unpaired) electrons. The minimum atomic E-state index is -0.560. The average Bonchev–Trinajstić information content (AvgIpc) is 2.80. The van der Waals surface area contributed by atoms with Crippen LogP contribution < -0.4 is 5.32 Å². The molecule has 0 aliphatic carbocycles. The van der Waals surface area contributed by atoms with Gasteiger partial charge in [0.15, 0.2) is 0 Å². The topological polar surface area (TPSA) is 81.4 Å². The lowest BCUT2D eigenvalue weighted by atomic mass is 10.3. The van der Waals surface area contributed by atoms with Crippen molar-refractivity contribution < 1.29 is 14.6 Å². The number of hydrogen-bond acceptors (Lipinski definition) is 6. The number of aryl methyl sites for hydroxylation is 1. The number of aliphatic hydroxyl groups excluding tert-OH is 1. The summed E-state index contributed by atoms with van der Waals surface area (Å²) >= 11 is 0. The summed E-state index contributed by atoms with van der Waals surface area (Å²) in [5, 5.41) is 20.8. The Labute approximate surface area is 113 Å². The maximum absolute atomic E-state index is 9.81. The zero-order chi connectivity index (χ0) is 14.3. The van der Waals surface area contributed by atoms with E-state index in [1.807, 2.05) is 25.5 Å². The predicted molar refractivity (Wildman–Crippen MR) is 70.7 cm³/mol. The minimum absolute atomic E-state index is 0.0178. The van der Waals surface area contributed by atoms with E-state index in [0.29, 0.717) is 13.2 Å². The molecule has 110 valence electrons. The van der Waals surface area contributed by atoms with Crippen LogP contribution >= 0.6 is 0 Å². The number of methoxy groups -OCH3 is 1. The molecular weight excluding hydrogens is 248 g/mol. The maximum atomic E-state index is 9.81. The van der Waals surface area contributed by atoms with Crippen molar-refractivity contribution in [2.75, 3.05) is 26.9 Å². The molecule has 3 unspecified atom stereocenters. The predicted octanol–water partition coefficient (Wildman–Crippen LogP) is -0.122. The third-order valence-electron chi connectivity index (χ3n) is 2.77. The van der Waals surface area contributed by atoms with Gasteiger partial charge in [0.05, 0.1) is 31.5 Å². The van der Waals surface area contributed by atoms with Crippen molar-refractivity contribution in [1.82, 2.24) is 20.1 Å². The molecule has 19 heavy (non-hydrogen) atoms. The first kappa shape index (κ1) is 16.0. The Balaban J connectivity index is 2.23. The molecule has 1 rings (SSSR count). The first-order valence-electron chi connectivity index (χ1n) is 6.40. The number of nitrogens with zero attached hydrogens (tertiary/aromatic N) is 3. The normalized spacial score (nSPS) is 16.3. The van der Waals surface area contributed by atoms with E-state index in [1.165, 1.54) is 0 Å². The highest BCUT2D eigenvalue weighted by Crippen LogP contribution is 2.06. The van der Waals surface area contributed by atoms with Gasteiger partial charge in [-0.1, -0.05) is 0 Å². The molecule has 0 aliphatic heterocycles. The first-order chi connectivity index (χ1) is 9.04. The van der Waals surface area contributed by atoms with Crippen LogP contribution in [-0.2, 0) is 16.5 Å². The summed E-state index contributed by atoms with van der Waals surface area (Å²) in [6.07, 6.45) is 1.07. The Morgan fingerprint density at radius 1 is 1.42 bits per heavy atom. The molecule has 1 heterocycles. The quantitative estimate of drug-likeness (QED) is 0.652. The van der Waals surface area contributed by atoms with Crippen LogP contribution in [-0.4, -0.2) is 58.9 Å². The van der Waals surface area contributed by atoms with Crippen LogP contribution in [0.5, 0.6) is 0 Å². The highest BCUT2D eigenvalue weighted by molar-refractivity contribution is 4.92. The first-order valence-corrected chi connectivity index (χ1v) is 6.40. The van der Waals surface area contributed by atoms with E-state index in [0.717, 1.165) is 5.82 Å². The summed E-state index contributed by atoms with van der Waals surface area (Å²) in [7, 11) is 3.51. The standard InChI is InChI=1S/C12H24N4O3/c1-9(6-18-4)19-7-11(17)5-13-10(2)12-15-14-8-16(12)3/h8-11,13,17H,5-7H2,1-4H3. The van der Waals surface area contributed by atoms with Gasteiger partial charge in [-0.25, -0.2) is 0 Å². The molecule has 1 aromatic heterocycles. The van der Waals surface area contributed by atoms with E-state index in [4.69, 9.17) is 9.47 Å². The molecular formula is C12H24N4O3. The third-order valence-corrected chi connectivity index (χ3v) is 2.77. The van der Waals surface area contributed by atoms with Gasteiger partial charge < -0.3 is 24.5 Å². The van der Waals surface area contributed by atoms with E-state index in [9.17, 15) is 5.11 Å². The highest BCUT2D eigenvalue weighted by Gasteiger charge is 2.13. The largest absolute Gasteiger partial charge is 0.389 e. The van der Waals surface area contributed by atoms with Gasteiger partial charge in [0.2, 0.25) is 0 Å². The van der Waals surface area contributed by atoms with Crippen LogP contribution in [0.2, 0.25) is 0 Å². The van der Waals surface area contributed by atoms with Crippen molar-refractivity contribution in [3.8, 4) is 0 Å². The lowest BCUT2D eigenvalue weighted by Gasteiger charge is -2.18. The van der Waals surface area contributed by atoms with E-state index in [1.54, 1.807) is 13.4 Å². The number of aromatic nitrogens is 3. The lowest BCUT2D eigenvalue weighted by Crippen LogP contribution is -2.34. The fourth-order valence-electron chi connectivity index (χ4n) is 1.71. The van der Waals surface area contributed by atoms with Gasteiger partial charge in [0, 0.05) is 20.7 Å². The second-order valence-corrected chi connectivity index (χ2v) is 4.68. The molecule has 0 spiro atoms. The second-order valence-electron chi connectivity index (χ2n) is 4.68. The average molecular weight is 272 g/mol. The van der Waals surface area contributed by atoms with Crippen LogP contribution in [0, 0.1) is 0 Å². The van der Waals surface area contributed by atoms with Crippen molar-refractivity contribution in [2.24, 2.45) is 7.05 Å². The van der Waals surface area contributed by atoms with Crippen molar-refractivity contribution in [3.05, 3.63) is 12.2 Å². The zero-order valence-corrected chi connectivity index (χ0v) is 12.0. The van der Waals surface area contributed by atoms with E-state index < -0.39 is 6.10 Å². The lowest BCUT2D eigenvalue weighted by molar-refractivity contribution is -0.0315. The van der Waals surface area contributed by atoms with Crippen LogP contribution in [0.3, 0.4) is 0 Å². The minimum Gasteiger partial charge on any atom is -0.389 e. The molecule has 0 aromatic carbocycles. The Morgan fingerprint density at radius 3 is 2.74 bits per heavy atom. The third kappa shape index (κ3) is 5.65. The second kappa shape index (κ2) is 8.21. The summed E-state index contributed by atoms with van der Waals surface area (Å²) in [6.45, 7) is 5.13. The molecule has 7 nitrogen and oxygen atoms in total. The SMILES string of the molecule is COCC(C)OCC(O)CNC(C)c1nncn1C. The van der Waals surface area contributed by atoms with Gasteiger partial charge in [-0.05, 0) is 13.8 Å². The monoisotopic (exact) mass is 272 g/mol. The zero-order valence-electron chi connectivity index (χ0n) is 12.0. The van der Waals surface area contributed by atoms with Crippen LogP contribution in [0.25, 0.3) is 0 Å². The van der Waals surface area contributed by atoms with Crippen molar-refractivity contribution in [2.45, 2.75) is 32.1 Å². The van der Waals surface area contributed by atoms with Crippen LogP contribution in [0.15, 0.2) is 6.33 Å². The fraction of sp³-hybridized carbons (Fsp3) is 0.833.